The molecule has 1 amide bonds. The number of hydrazone groups is 1. The number of carbonyl (C=O) groups excluding carboxylic acids is 1. The van der Waals surface area contributed by atoms with Gasteiger partial charge in [0.1, 0.15) is 5.70 Å². The molecule has 0 radical (unpaired) electrons. The number of benzene rings is 1. The Morgan fingerprint density at radius 3 is 2.48 bits per heavy atom. The highest BCUT2D eigenvalue weighted by molar-refractivity contribution is 7.98. The first-order chi connectivity index (χ1) is 10.1. The Bertz CT molecular complexity index is 729. The van der Waals surface area contributed by atoms with Crippen molar-refractivity contribution in [1.82, 2.24) is 5.01 Å². The van der Waals surface area contributed by atoms with E-state index in [1.807, 2.05) is 44.4 Å². The number of rotatable bonds is 2. The Hall–Kier alpha value is -2.21. The molecule has 0 saturated heterocycles. The van der Waals surface area contributed by atoms with Crippen LogP contribution in [-0.2, 0) is 4.79 Å². The van der Waals surface area contributed by atoms with Gasteiger partial charge in [0.25, 0.3) is 11.9 Å². The summed E-state index contributed by atoms with van der Waals surface area (Å²) in [5.74, 6) is 0.0315. The van der Waals surface area contributed by atoms with Gasteiger partial charge < -0.3 is 0 Å². The molecule has 0 N–H and O–H groups in total. The van der Waals surface area contributed by atoms with Crippen LogP contribution in [0.2, 0.25) is 0 Å². The van der Waals surface area contributed by atoms with E-state index in [9.17, 15) is 4.79 Å². The Balaban J connectivity index is 1.96. The molecule has 2 aliphatic rings. The summed E-state index contributed by atoms with van der Waals surface area (Å²) in [6.07, 6.45) is 3.82. The Kier molecular flexibility index (Phi) is 3.47. The maximum absolute atomic E-state index is 12.0. The second-order valence-corrected chi connectivity index (χ2v) is 5.59. The highest BCUT2D eigenvalue weighted by Gasteiger charge is 2.32. The average molecular weight is 298 g/mol. The lowest BCUT2D eigenvalue weighted by Crippen LogP contribution is -2.28. The quantitative estimate of drug-likeness (QED) is 0.623. The third-order valence-electron chi connectivity index (χ3n) is 3.30. The van der Waals surface area contributed by atoms with Crippen molar-refractivity contribution in [3.63, 3.8) is 0 Å². The van der Waals surface area contributed by atoms with Gasteiger partial charge in [-0.05, 0) is 43.9 Å². The number of amides is 1. The number of aliphatic imine (C=N–C) groups is 2. The zero-order valence-corrected chi connectivity index (χ0v) is 12.8. The molecule has 0 bridgehead atoms. The summed E-state index contributed by atoms with van der Waals surface area (Å²) < 4.78 is 0. The van der Waals surface area contributed by atoms with Crippen LogP contribution < -0.4 is 0 Å². The van der Waals surface area contributed by atoms with Crippen LogP contribution >= 0.6 is 11.8 Å². The van der Waals surface area contributed by atoms with Crippen LogP contribution in [0.25, 0.3) is 6.08 Å². The van der Waals surface area contributed by atoms with Crippen molar-refractivity contribution in [2.45, 2.75) is 18.7 Å². The first kappa shape index (κ1) is 13.8. The highest BCUT2D eigenvalue weighted by Crippen LogP contribution is 2.24. The first-order valence-electron chi connectivity index (χ1n) is 6.48. The van der Waals surface area contributed by atoms with Crippen LogP contribution in [-0.4, -0.2) is 34.6 Å². The van der Waals surface area contributed by atoms with Gasteiger partial charge >= 0.3 is 0 Å². The fourth-order valence-corrected chi connectivity index (χ4v) is 2.41. The molecule has 0 aliphatic carbocycles. The van der Waals surface area contributed by atoms with Gasteiger partial charge in [0.2, 0.25) is 0 Å². The van der Waals surface area contributed by atoms with E-state index in [0.717, 1.165) is 17.0 Å². The number of thioether (sulfide) groups is 1. The van der Waals surface area contributed by atoms with Crippen LogP contribution in [0.4, 0.5) is 0 Å². The fraction of sp³-hybridized carbons (Fsp3) is 0.200. The van der Waals surface area contributed by atoms with E-state index in [1.54, 1.807) is 17.8 Å². The summed E-state index contributed by atoms with van der Waals surface area (Å²) >= 11 is 1.68. The van der Waals surface area contributed by atoms with E-state index >= 15 is 0 Å². The Morgan fingerprint density at radius 2 is 1.81 bits per heavy atom. The predicted octanol–water partition coefficient (Wildman–Crippen LogP) is 2.80. The maximum atomic E-state index is 12.0. The topological polar surface area (TPSA) is 57.4 Å². The molecule has 0 atom stereocenters. The number of guanidine groups is 1. The number of nitrogens with zero attached hydrogens (tertiary/aromatic N) is 4. The van der Waals surface area contributed by atoms with Crippen molar-refractivity contribution < 1.29 is 4.79 Å². The summed E-state index contributed by atoms with van der Waals surface area (Å²) in [6, 6.07) is 7.98. The van der Waals surface area contributed by atoms with Crippen molar-refractivity contribution in [2.75, 3.05) is 6.26 Å². The van der Waals surface area contributed by atoms with Crippen molar-refractivity contribution >= 4 is 41.1 Å². The molecule has 5 nitrogen and oxygen atoms in total. The number of fused-ring (bicyclic) bond motifs is 1. The van der Waals surface area contributed by atoms with E-state index in [4.69, 9.17) is 0 Å². The van der Waals surface area contributed by atoms with Crippen molar-refractivity contribution in [2.24, 2.45) is 15.1 Å². The summed E-state index contributed by atoms with van der Waals surface area (Å²) in [4.78, 5) is 21.5. The third-order valence-corrected chi connectivity index (χ3v) is 4.04. The molecule has 0 aromatic heterocycles. The monoisotopic (exact) mass is 298 g/mol. The summed E-state index contributed by atoms with van der Waals surface area (Å²) in [5, 5.41) is 5.89. The van der Waals surface area contributed by atoms with Gasteiger partial charge in [-0.2, -0.15) is 15.1 Å². The highest BCUT2D eigenvalue weighted by atomic mass is 32.2. The molecule has 21 heavy (non-hydrogen) atoms. The predicted molar refractivity (Wildman–Crippen MR) is 86.7 cm³/mol. The first-order valence-corrected chi connectivity index (χ1v) is 7.71. The van der Waals surface area contributed by atoms with E-state index < -0.39 is 0 Å². The summed E-state index contributed by atoms with van der Waals surface area (Å²) in [5.41, 5.74) is 2.93. The van der Waals surface area contributed by atoms with Gasteiger partial charge in [-0.3, -0.25) is 4.79 Å². The molecule has 0 saturated carbocycles. The Labute approximate surface area is 127 Å². The van der Waals surface area contributed by atoms with E-state index in [0.29, 0.717) is 11.7 Å². The van der Waals surface area contributed by atoms with E-state index in [1.165, 1.54) is 9.90 Å². The molecule has 3 rings (SSSR count). The van der Waals surface area contributed by atoms with Crippen LogP contribution in [0.3, 0.4) is 0 Å². The summed E-state index contributed by atoms with van der Waals surface area (Å²) in [6.45, 7) is 3.72. The van der Waals surface area contributed by atoms with Crippen molar-refractivity contribution in [3.05, 3.63) is 35.5 Å². The lowest BCUT2D eigenvalue weighted by Gasteiger charge is -2.18. The number of hydrogen-bond donors (Lipinski definition) is 0. The lowest BCUT2D eigenvalue weighted by molar-refractivity contribution is -0.114. The van der Waals surface area contributed by atoms with E-state index in [2.05, 4.69) is 15.1 Å². The second kappa shape index (κ2) is 5.29. The molecule has 1 aromatic rings. The molecular weight excluding hydrogens is 284 g/mol. The molecule has 6 heteroatoms. The molecule has 0 spiro atoms. The van der Waals surface area contributed by atoms with Crippen LogP contribution in [0.5, 0.6) is 0 Å². The molecular formula is C15H14N4OS. The normalized spacial score (nSPS) is 19.4. The molecule has 2 heterocycles. The zero-order chi connectivity index (χ0) is 15.0. The van der Waals surface area contributed by atoms with Gasteiger partial charge in [-0.1, -0.05) is 12.1 Å². The Morgan fingerprint density at radius 1 is 1.10 bits per heavy atom. The molecule has 0 unspecified atom stereocenters. The van der Waals surface area contributed by atoms with Crippen LogP contribution in [0.1, 0.15) is 19.4 Å². The summed E-state index contributed by atoms with van der Waals surface area (Å²) in [7, 11) is 0. The third kappa shape index (κ3) is 2.54. The van der Waals surface area contributed by atoms with Crippen LogP contribution in [0, 0.1) is 0 Å². The smallest absolute Gasteiger partial charge is 0.265 e. The maximum Gasteiger partial charge on any atom is 0.299 e. The van der Waals surface area contributed by atoms with Gasteiger partial charge in [0, 0.05) is 4.90 Å². The fourth-order valence-electron chi connectivity index (χ4n) is 2.00. The van der Waals surface area contributed by atoms with Crippen LogP contribution in [0.15, 0.2) is 49.9 Å². The van der Waals surface area contributed by atoms with Gasteiger partial charge in [0.05, 0.1) is 11.4 Å². The molecule has 1 aromatic carbocycles. The minimum absolute atomic E-state index is 0.311. The SMILES string of the molecule is CSc1ccc(C=C2C(=O)N=C3N=C(C)C(C)=NN23)cc1. The number of hydrogen-bond acceptors (Lipinski definition) is 5. The van der Waals surface area contributed by atoms with Gasteiger partial charge in [-0.15, -0.1) is 11.8 Å². The largest absolute Gasteiger partial charge is 0.299 e. The second-order valence-electron chi connectivity index (χ2n) is 4.71. The lowest BCUT2D eigenvalue weighted by atomic mass is 10.2. The van der Waals surface area contributed by atoms with Gasteiger partial charge in [0.15, 0.2) is 0 Å². The molecule has 0 fully saturated rings. The molecule has 2 aliphatic heterocycles. The van der Waals surface area contributed by atoms with E-state index in [-0.39, 0.29) is 5.91 Å². The van der Waals surface area contributed by atoms with Crippen molar-refractivity contribution in [3.8, 4) is 0 Å². The van der Waals surface area contributed by atoms with Gasteiger partial charge in [-0.25, -0.2) is 4.99 Å². The minimum atomic E-state index is -0.311. The van der Waals surface area contributed by atoms with Crippen molar-refractivity contribution in [1.29, 1.82) is 0 Å². The molecule has 106 valence electrons. The average Bonchev–Trinajstić information content (AvgIpc) is 2.76. The minimum Gasteiger partial charge on any atom is -0.265 e. The number of carbonyl (C=O) groups is 1. The standard InChI is InChI=1S/C15H14N4OS/c1-9-10(2)18-19-13(14(20)17-15(19)16-9)8-11-4-6-12(21-3)7-5-11/h4-8H,1-3H3. The zero-order valence-electron chi connectivity index (χ0n) is 12.0.